The van der Waals surface area contributed by atoms with E-state index in [1.807, 2.05) is 42.5 Å². The van der Waals surface area contributed by atoms with Crippen LogP contribution in [0.3, 0.4) is 0 Å². The second-order valence-corrected chi connectivity index (χ2v) is 14.6. The van der Waals surface area contributed by atoms with Gasteiger partial charge in [0, 0.05) is 38.0 Å². The summed E-state index contributed by atoms with van der Waals surface area (Å²) in [6.45, 7) is 5.80. The first-order valence-corrected chi connectivity index (χ1v) is 21.2. The van der Waals surface area contributed by atoms with Crippen molar-refractivity contribution in [2.24, 2.45) is 0 Å². The molecule has 0 saturated carbocycles. The van der Waals surface area contributed by atoms with Gasteiger partial charge in [-0.3, -0.25) is 19.2 Å². The molecule has 0 fully saturated rings. The zero-order chi connectivity index (χ0) is 38.2. The first-order valence-electron chi connectivity index (χ1n) is 21.2. The number of hydrogen-bond acceptors (Lipinski definition) is 4. The molecule has 0 aliphatic rings. The monoisotopic (exact) mass is 733 g/mol. The Morgan fingerprint density at radius 3 is 1.47 bits per heavy atom. The van der Waals surface area contributed by atoms with E-state index in [1.165, 1.54) is 96.3 Å². The number of carbonyl (C=O) groups excluding carboxylic acids is 4. The molecule has 2 rings (SSSR count). The largest absolute Gasteiger partial charge is 0.356 e. The van der Waals surface area contributed by atoms with Crippen LogP contribution in [0.5, 0.6) is 0 Å². The Kier molecular flexibility index (Phi) is 26.4. The summed E-state index contributed by atoms with van der Waals surface area (Å²) in [6, 6.07) is 16.5. The third-order valence-corrected chi connectivity index (χ3v) is 9.89. The topological polar surface area (TPSA) is 116 Å². The van der Waals surface area contributed by atoms with Crippen LogP contribution >= 0.6 is 0 Å². The van der Waals surface area contributed by atoms with Gasteiger partial charge < -0.3 is 21.3 Å². The highest BCUT2D eigenvalue weighted by Crippen LogP contribution is 2.19. The molecule has 4 amide bonds. The number of rotatable bonds is 32. The van der Waals surface area contributed by atoms with E-state index in [9.17, 15) is 19.2 Å². The van der Waals surface area contributed by atoms with Crippen LogP contribution in [0.25, 0.3) is 11.1 Å². The van der Waals surface area contributed by atoms with Gasteiger partial charge in [-0.05, 0) is 42.5 Å². The van der Waals surface area contributed by atoms with Gasteiger partial charge in [-0.25, -0.2) is 0 Å². The summed E-state index contributed by atoms with van der Waals surface area (Å²) < 4.78 is 0. The third-order valence-electron chi connectivity index (χ3n) is 9.89. The third kappa shape index (κ3) is 22.9. The van der Waals surface area contributed by atoms with Crippen LogP contribution in [0.2, 0.25) is 0 Å². The fourth-order valence-electron chi connectivity index (χ4n) is 6.52. The normalized spacial score (nSPS) is 11.5. The van der Waals surface area contributed by atoms with Gasteiger partial charge >= 0.3 is 0 Å². The summed E-state index contributed by atoms with van der Waals surface area (Å²) in [6.07, 6.45) is 25.0. The average molecular weight is 733 g/mol. The molecule has 0 radical (unpaired) electrons. The molecule has 8 heteroatoms. The average Bonchev–Trinajstić information content (AvgIpc) is 3.17. The first kappa shape index (κ1) is 45.5. The Bertz CT molecular complexity index is 1250. The SMILES string of the molecule is CCCCCCCCCCCCNC(=O)CCC(NC(=O)CCNC(=O)c1ccc(-c2ccccc2)cc1)C(=O)NCCCCCCCCCCCC. The lowest BCUT2D eigenvalue weighted by Gasteiger charge is -2.19. The zero-order valence-electron chi connectivity index (χ0n) is 33.3. The molecular formula is C45H72N4O4. The fourth-order valence-corrected chi connectivity index (χ4v) is 6.52. The van der Waals surface area contributed by atoms with E-state index in [0.29, 0.717) is 18.7 Å². The van der Waals surface area contributed by atoms with E-state index in [1.54, 1.807) is 12.1 Å². The first-order chi connectivity index (χ1) is 25.9. The predicted octanol–water partition coefficient (Wildman–Crippen LogP) is 9.81. The summed E-state index contributed by atoms with van der Waals surface area (Å²) in [7, 11) is 0. The Balaban J connectivity index is 1.74. The van der Waals surface area contributed by atoms with Crippen LogP contribution in [0, 0.1) is 0 Å². The number of unbranched alkanes of at least 4 members (excludes halogenated alkanes) is 18. The van der Waals surface area contributed by atoms with E-state index in [2.05, 4.69) is 35.1 Å². The quantitative estimate of drug-likeness (QED) is 0.0561. The molecule has 0 aromatic heterocycles. The van der Waals surface area contributed by atoms with Crippen molar-refractivity contribution in [3.05, 3.63) is 60.2 Å². The summed E-state index contributed by atoms with van der Waals surface area (Å²) in [5.41, 5.74) is 2.61. The minimum absolute atomic E-state index is 0.0288. The molecule has 0 heterocycles. The lowest BCUT2D eigenvalue weighted by molar-refractivity contribution is -0.129. The van der Waals surface area contributed by atoms with Crippen LogP contribution in [-0.4, -0.2) is 49.3 Å². The van der Waals surface area contributed by atoms with E-state index < -0.39 is 6.04 Å². The fraction of sp³-hybridized carbons (Fsp3) is 0.644. The summed E-state index contributed by atoms with van der Waals surface area (Å²) >= 11 is 0. The van der Waals surface area contributed by atoms with Crippen molar-refractivity contribution in [3.63, 3.8) is 0 Å². The molecule has 1 unspecified atom stereocenters. The molecule has 2 aromatic carbocycles. The van der Waals surface area contributed by atoms with E-state index >= 15 is 0 Å². The van der Waals surface area contributed by atoms with Crippen molar-refractivity contribution < 1.29 is 19.2 Å². The van der Waals surface area contributed by atoms with Gasteiger partial charge in [0.25, 0.3) is 5.91 Å². The van der Waals surface area contributed by atoms with Gasteiger partial charge in [-0.1, -0.05) is 172 Å². The van der Waals surface area contributed by atoms with Crippen LogP contribution in [0.1, 0.15) is 172 Å². The standard InChI is InChI=1S/C45H72N4O4/c1-3-5-7-9-11-13-15-17-19-24-35-46-42(50)33-32-41(45(53)47-36-25-20-18-16-14-12-10-8-6-4-2)49-43(51)34-37-48-44(52)40-30-28-39(29-31-40)38-26-22-21-23-27-38/h21-23,26-31,41H,3-20,24-25,32-37H2,1-2H3,(H,46,50)(H,47,53)(H,48,52)(H,49,51). The van der Waals surface area contributed by atoms with Crippen LogP contribution in [0.4, 0.5) is 0 Å². The zero-order valence-corrected chi connectivity index (χ0v) is 33.3. The van der Waals surface area contributed by atoms with E-state index in [0.717, 1.165) is 43.2 Å². The second kappa shape index (κ2) is 30.7. The Morgan fingerprint density at radius 1 is 0.472 bits per heavy atom. The van der Waals surface area contributed by atoms with Crippen LogP contribution < -0.4 is 21.3 Å². The molecule has 296 valence electrons. The molecule has 0 aliphatic carbocycles. The lowest BCUT2D eigenvalue weighted by atomic mass is 10.0. The molecule has 4 N–H and O–H groups in total. The maximum absolute atomic E-state index is 13.2. The minimum atomic E-state index is -0.810. The highest BCUT2D eigenvalue weighted by Gasteiger charge is 2.21. The molecule has 2 aromatic rings. The van der Waals surface area contributed by atoms with Crippen molar-refractivity contribution in [2.45, 2.75) is 168 Å². The number of carbonyl (C=O) groups is 4. The van der Waals surface area contributed by atoms with Crippen LogP contribution in [0.15, 0.2) is 54.6 Å². The Morgan fingerprint density at radius 2 is 0.943 bits per heavy atom. The van der Waals surface area contributed by atoms with E-state index in [-0.39, 0.29) is 49.4 Å². The van der Waals surface area contributed by atoms with Gasteiger partial charge in [-0.2, -0.15) is 0 Å². The van der Waals surface area contributed by atoms with Crippen LogP contribution in [-0.2, 0) is 14.4 Å². The predicted molar refractivity (Wildman–Crippen MR) is 220 cm³/mol. The molecule has 0 spiro atoms. The summed E-state index contributed by atoms with van der Waals surface area (Å²) in [5, 5.41) is 11.6. The molecule has 0 saturated heterocycles. The maximum Gasteiger partial charge on any atom is 0.251 e. The summed E-state index contributed by atoms with van der Waals surface area (Å²) in [4.78, 5) is 51.5. The minimum Gasteiger partial charge on any atom is -0.356 e. The van der Waals surface area contributed by atoms with Gasteiger partial charge in [0.05, 0.1) is 0 Å². The molecule has 8 nitrogen and oxygen atoms in total. The van der Waals surface area contributed by atoms with Crippen molar-refractivity contribution in [3.8, 4) is 11.1 Å². The number of amides is 4. The number of hydrogen-bond donors (Lipinski definition) is 4. The number of nitrogens with one attached hydrogen (secondary N) is 4. The Hall–Kier alpha value is -3.68. The molecule has 0 aliphatic heterocycles. The molecule has 1 atom stereocenters. The molecular weight excluding hydrogens is 661 g/mol. The van der Waals surface area contributed by atoms with Gasteiger partial charge in [0.15, 0.2) is 0 Å². The van der Waals surface area contributed by atoms with Crippen molar-refractivity contribution in [1.82, 2.24) is 21.3 Å². The lowest BCUT2D eigenvalue weighted by Crippen LogP contribution is -2.48. The summed E-state index contributed by atoms with van der Waals surface area (Å²) in [5.74, 6) is -0.968. The van der Waals surface area contributed by atoms with Crippen molar-refractivity contribution >= 4 is 23.6 Å². The second-order valence-electron chi connectivity index (χ2n) is 14.6. The molecule has 0 bridgehead atoms. The van der Waals surface area contributed by atoms with Crippen molar-refractivity contribution in [2.75, 3.05) is 19.6 Å². The highest BCUT2D eigenvalue weighted by molar-refractivity contribution is 5.95. The number of benzene rings is 2. The van der Waals surface area contributed by atoms with Gasteiger partial charge in [0.1, 0.15) is 6.04 Å². The smallest absolute Gasteiger partial charge is 0.251 e. The Labute approximate surface area is 321 Å². The maximum atomic E-state index is 13.2. The highest BCUT2D eigenvalue weighted by atomic mass is 16.2. The van der Waals surface area contributed by atoms with Gasteiger partial charge in [-0.15, -0.1) is 0 Å². The molecule has 53 heavy (non-hydrogen) atoms. The van der Waals surface area contributed by atoms with E-state index in [4.69, 9.17) is 0 Å². The van der Waals surface area contributed by atoms with Crippen molar-refractivity contribution in [1.29, 1.82) is 0 Å². The van der Waals surface area contributed by atoms with Gasteiger partial charge in [0.2, 0.25) is 17.7 Å².